The first kappa shape index (κ1) is 33.1. The Kier molecular flexibility index (Phi) is 13.9. The van der Waals surface area contributed by atoms with E-state index in [-0.39, 0.29) is 17.9 Å². The molecule has 1 aromatic heterocycles. The lowest BCUT2D eigenvalue weighted by Crippen LogP contribution is -2.43. The van der Waals surface area contributed by atoms with Gasteiger partial charge in [-0.05, 0) is 6.92 Å². The van der Waals surface area contributed by atoms with E-state index in [0.29, 0.717) is 11.3 Å². The molecule has 23 heteroatoms. The fourth-order valence-corrected chi connectivity index (χ4v) is 2.23. The second-order valence-corrected chi connectivity index (χ2v) is 6.84. The fraction of sp³-hybridized carbons (Fsp3) is 0.600. The van der Waals surface area contributed by atoms with Crippen LogP contribution in [0.1, 0.15) is 16.8 Å². The molecule has 38 heavy (non-hydrogen) atoms. The van der Waals surface area contributed by atoms with Crippen molar-refractivity contribution in [2.45, 2.75) is 26.4 Å². The monoisotopic (exact) mass is 559 g/mol. The van der Waals surface area contributed by atoms with E-state index in [9.17, 15) is 50.4 Å². The Morgan fingerprint density at radius 2 is 1.34 bits per heavy atom. The van der Waals surface area contributed by atoms with Gasteiger partial charge in [0.25, 0.3) is 26.6 Å². The number of hydrogen-bond acceptors (Lipinski definition) is 18. The number of hydrogen-bond donors (Lipinski definition) is 4. The molecule has 0 saturated carbocycles. The predicted molar refractivity (Wildman–Crippen MR) is 109 cm³/mol. The second-order valence-electron chi connectivity index (χ2n) is 6.84. The molecule has 0 fully saturated rings. The maximum Gasteiger partial charge on any atom is 0.360 e. The van der Waals surface area contributed by atoms with E-state index in [1.54, 1.807) is 6.92 Å². The molecule has 1 atom stereocenters. The van der Waals surface area contributed by atoms with Crippen LogP contribution in [0.2, 0.25) is 0 Å². The maximum absolute atomic E-state index is 10.3. The van der Waals surface area contributed by atoms with Crippen molar-refractivity contribution in [3.05, 3.63) is 63.5 Å². The van der Waals surface area contributed by atoms with Crippen molar-refractivity contribution in [3.63, 3.8) is 0 Å². The molecule has 1 unspecified atom stereocenters. The fourth-order valence-electron chi connectivity index (χ4n) is 2.23. The van der Waals surface area contributed by atoms with E-state index in [0.717, 1.165) is 0 Å². The van der Waals surface area contributed by atoms with Crippen LogP contribution in [0.4, 0.5) is 0 Å². The van der Waals surface area contributed by atoms with E-state index >= 15 is 0 Å². The number of aliphatic hydroxyl groups excluding tert-OH is 2. The minimum absolute atomic E-state index is 0.168. The van der Waals surface area contributed by atoms with Gasteiger partial charge in [0.2, 0.25) is 0 Å². The van der Waals surface area contributed by atoms with Crippen LogP contribution >= 0.6 is 0 Å². The quantitative estimate of drug-likeness (QED) is 0.0939. The molecule has 0 bridgehead atoms. The minimum Gasteiger partial charge on any atom is -0.506 e. The smallest absolute Gasteiger partial charge is 0.360 e. The van der Waals surface area contributed by atoms with Crippen LogP contribution in [0.5, 0.6) is 5.75 Å². The molecule has 1 heterocycles. The highest BCUT2D eigenvalue weighted by atomic mass is 17.0. The molecule has 1 rings (SSSR count). The van der Waals surface area contributed by atoms with Gasteiger partial charge in [-0.1, -0.05) is 0 Å². The van der Waals surface area contributed by atoms with Crippen molar-refractivity contribution >= 4 is 5.97 Å². The number of nitrogens with zero attached hydrogens (tertiary/aromatic N) is 5. The number of aromatic hydroxyl groups is 1. The molecule has 0 aliphatic heterocycles. The van der Waals surface area contributed by atoms with Gasteiger partial charge in [-0.25, -0.2) is 4.79 Å². The third-order valence-corrected chi connectivity index (χ3v) is 4.10. The van der Waals surface area contributed by atoms with Crippen molar-refractivity contribution in [2.75, 3.05) is 26.4 Å². The SMILES string of the molecule is Cc1ncc(COC(O)C(=O)O)c(CO)c1O.O=[N+]([O-])OCC(CO[N+](=O)[O-])(CO[N+](=O)[O-])CO[N+](=O)[O-]. The number of aromatic nitrogens is 1. The van der Waals surface area contributed by atoms with Crippen LogP contribution in [0, 0.1) is 52.8 Å². The first-order valence-electron chi connectivity index (χ1n) is 9.53. The van der Waals surface area contributed by atoms with Crippen molar-refractivity contribution in [2.24, 2.45) is 5.41 Å². The van der Waals surface area contributed by atoms with Crippen molar-refractivity contribution in [3.8, 4) is 5.75 Å². The lowest BCUT2D eigenvalue weighted by Gasteiger charge is -2.28. The summed E-state index contributed by atoms with van der Waals surface area (Å²) in [5.41, 5.74) is -1.16. The Labute approximate surface area is 209 Å². The lowest BCUT2D eigenvalue weighted by atomic mass is 9.92. The summed E-state index contributed by atoms with van der Waals surface area (Å²) < 4.78 is 4.62. The third-order valence-electron chi connectivity index (χ3n) is 4.10. The van der Waals surface area contributed by atoms with E-state index in [1.807, 2.05) is 0 Å². The van der Waals surface area contributed by atoms with Crippen LogP contribution in [-0.2, 0) is 42.1 Å². The molecule has 23 nitrogen and oxygen atoms in total. The summed E-state index contributed by atoms with van der Waals surface area (Å²) in [4.78, 5) is 70.3. The summed E-state index contributed by atoms with van der Waals surface area (Å²) in [6, 6.07) is 0. The number of carboxylic acids is 1. The average Bonchev–Trinajstić information content (AvgIpc) is 2.83. The number of carboxylic acid groups (broad SMARTS) is 1. The third kappa shape index (κ3) is 12.7. The van der Waals surface area contributed by atoms with E-state index in [4.69, 9.17) is 15.3 Å². The first-order chi connectivity index (χ1) is 17.6. The summed E-state index contributed by atoms with van der Waals surface area (Å²) in [6.07, 6.45) is -0.611. The van der Waals surface area contributed by atoms with Crippen molar-refractivity contribution < 1.29 is 69.7 Å². The van der Waals surface area contributed by atoms with Gasteiger partial charge in [0.1, 0.15) is 32.2 Å². The molecule has 0 aromatic carbocycles. The number of aliphatic hydroxyl groups is 2. The Hall–Kier alpha value is -4.90. The van der Waals surface area contributed by atoms with Gasteiger partial charge in [0, 0.05) is 17.3 Å². The maximum atomic E-state index is 10.3. The van der Waals surface area contributed by atoms with Crippen LogP contribution in [0.3, 0.4) is 0 Å². The number of carbonyl (C=O) groups is 1. The molecule has 214 valence electrons. The van der Waals surface area contributed by atoms with Gasteiger partial charge < -0.3 is 44.5 Å². The highest BCUT2D eigenvalue weighted by Crippen LogP contribution is 2.24. The summed E-state index contributed by atoms with van der Waals surface area (Å²) in [5.74, 6) is -1.68. The van der Waals surface area contributed by atoms with Gasteiger partial charge in [0.15, 0.2) is 0 Å². The summed E-state index contributed by atoms with van der Waals surface area (Å²) in [7, 11) is 0. The topological polar surface area (TPSA) is 330 Å². The Morgan fingerprint density at radius 3 is 1.66 bits per heavy atom. The minimum atomic E-state index is -2.03. The zero-order chi connectivity index (χ0) is 29.5. The van der Waals surface area contributed by atoms with Crippen LogP contribution in [-0.4, -0.2) is 84.4 Å². The molecule has 0 aliphatic carbocycles. The molecule has 1 aromatic rings. The molecular weight excluding hydrogens is 538 g/mol. The number of ether oxygens (including phenoxy) is 1. The number of rotatable bonds is 17. The number of aryl methyl sites for hydroxylation is 1. The van der Waals surface area contributed by atoms with Crippen LogP contribution in [0.25, 0.3) is 0 Å². The van der Waals surface area contributed by atoms with Gasteiger partial charge in [-0.3, -0.25) is 4.98 Å². The molecule has 0 amide bonds. The van der Waals surface area contributed by atoms with Gasteiger partial charge in [0.05, 0.1) is 24.3 Å². The van der Waals surface area contributed by atoms with Crippen molar-refractivity contribution in [1.82, 2.24) is 4.98 Å². The molecule has 0 saturated heterocycles. The number of aliphatic carboxylic acids is 1. The lowest BCUT2D eigenvalue weighted by molar-refractivity contribution is -0.792. The molecular formula is C15H21N5O18. The summed E-state index contributed by atoms with van der Waals surface area (Å²) in [5, 5.41) is 71.2. The average molecular weight is 559 g/mol. The van der Waals surface area contributed by atoms with E-state index < -0.39 is 71.1 Å². The van der Waals surface area contributed by atoms with Gasteiger partial charge in [-0.2, -0.15) is 0 Å². The first-order valence-corrected chi connectivity index (χ1v) is 9.53. The van der Waals surface area contributed by atoms with Crippen LogP contribution in [0.15, 0.2) is 6.20 Å². The Morgan fingerprint density at radius 1 is 0.947 bits per heavy atom. The summed E-state index contributed by atoms with van der Waals surface area (Å²) >= 11 is 0. The standard InChI is InChI=1S/C10H13NO6.C5H8N4O12/c1-5-8(13)7(3-12)6(2-11-5)4-17-10(16)9(14)15;10-6(11)18-1-5(2-19-7(12)13,3-20-8(14)15)4-21-9(16)17/h2,10,12-13,16H,3-4H2,1H3,(H,14,15);1-4H2. The Bertz CT molecular complexity index is 912. The molecule has 0 aliphatic rings. The highest BCUT2D eigenvalue weighted by molar-refractivity contribution is 5.70. The second kappa shape index (κ2) is 16.0. The predicted octanol–water partition coefficient (Wildman–Crippen LogP) is -1.69. The zero-order valence-electron chi connectivity index (χ0n) is 19.1. The normalized spacial score (nSPS) is 11.2. The van der Waals surface area contributed by atoms with Gasteiger partial charge >= 0.3 is 5.97 Å². The molecule has 0 spiro atoms. The largest absolute Gasteiger partial charge is 0.506 e. The Balaban J connectivity index is 0.000000735. The molecule has 0 radical (unpaired) electrons. The summed E-state index contributed by atoms with van der Waals surface area (Å²) in [6.45, 7) is -3.28. The van der Waals surface area contributed by atoms with Crippen molar-refractivity contribution in [1.29, 1.82) is 0 Å². The van der Waals surface area contributed by atoms with E-state index in [2.05, 4.69) is 29.1 Å². The van der Waals surface area contributed by atoms with Crippen LogP contribution < -0.4 is 0 Å². The van der Waals surface area contributed by atoms with E-state index in [1.165, 1.54) is 6.20 Å². The number of pyridine rings is 1. The van der Waals surface area contributed by atoms with Gasteiger partial charge in [-0.15, -0.1) is 40.5 Å². The zero-order valence-corrected chi connectivity index (χ0v) is 19.1. The molecule has 4 N–H and O–H groups in total. The highest BCUT2D eigenvalue weighted by Gasteiger charge is 2.37.